The molecule has 0 spiro atoms. The number of fused-ring (bicyclic) bond motifs is 1. The van der Waals surface area contributed by atoms with Gasteiger partial charge in [0.1, 0.15) is 5.82 Å². The molecule has 0 radical (unpaired) electrons. The van der Waals surface area contributed by atoms with E-state index in [1.54, 1.807) is 17.0 Å². The van der Waals surface area contributed by atoms with E-state index in [-0.39, 0.29) is 11.9 Å². The van der Waals surface area contributed by atoms with Gasteiger partial charge in [-0.15, -0.1) is 0 Å². The average molecular weight is 327 g/mol. The Hall–Kier alpha value is -2.49. The van der Waals surface area contributed by atoms with E-state index in [4.69, 9.17) is 0 Å². The number of nitrogens with zero attached hydrogens (tertiary/aromatic N) is 1. The van der Waals surface area contributed by atoms with Gasteiger partial charge in [0.15, 0.2) is 0 Å². The fourth-order valence-corrected chi connectivity index (χ4v) is 2.99. The van der Waals surface area contributed by atoms with Crippen LogP contribution in [0.3, 0.4) is 0 Å². The lowest BCUT2D eigenvalue weighted by Gasteiger charge is -2.37. The van der Waals surface area contributed by atoms with Crippen molar-refractivity contribution in [1.82, 2.24) is 4.90 Å². The molecule has 1 aliphatic rings. The number of carbonyl (C=O) groups excluding carboxylic acids is 2. The zero-order chi connectivity index (χ0) is 17.7. The molecule has 2 aromatic rings. The quantitative estimate of drug-likeness (QED) is 0.784. The highest BCUT2D eigenvalue weighted by molar-refractivity contribution is 6.35. The van der Waals surface area contributed by atoms with Gasteiger partial charge in [-0.05, 0) is 35.2 Å². The summed E-state index contributed by atoms with van der Waals surface area (Å²) in [7, 11) is 0. The Labute approximate surface area is 142 Å². The topological polar surface area (TPSA) is 37.4 Å². The molecule has 126 valence electrons. The molecule has 1 unspecified atom stereocenters. The molecule has 0 fully saturated rings. The number of hydrogen-bond acceptors (Lipinski definition) is 2. The van der Waals surface area contributed by atoms with Crippen molar-refractivity contribution in [3.8, 4) is 0 Å². The molecular formula is C20H22FNO2. The third-order valence-electron chi connectivity index (χ3n) is 4.03. The van der Waals surface area contributed by atoms with Crippen LogP contribution < -0.4 is 0 Å². The van der Waals surface area contributed by atoms with Gasteiger partial charge >= 0.3 is 0 Å². The Morgan fingerprint density at radius 1 is 1.04 bits per heavy atom. The van der Waals surface area contributed by atoms with E-state index >= 15 is 0 Å². The number of carbonyl (C=O) groups is 2. The molecule has 2 aromatic carbocycles. The first-order valence-electron chi connectivity index (χ1n) is 8.22. The molecule has 1 amide bonds. The molecule has 24 heavy (non-hydrogen) atoms. The minimum Gasteiger partial charge on any atom is -0.325 e. The predicted molar refractivity (Wildman–Crippen MR) is 92.1 cm³/mol. The highest BCUT2D eigenvalue weighted by Crippen LogP contribution is 2.35. The molecule has 0 saturated carbocycles. The summed E-state index contributed by atoms with van der Waals surface area (Å²) in [6, 6.07) is 13.6. The molecule has 1 heterocycles. The second kappa shape index (κ2) is 7.86. The Bertz CT molecular complexity index is 725. The summed E-state index contributed by atoms with van der Waals surface area (Å²) in [5.41, 5.74) is 2.96. The Morgan fingerprint density at radius 3 is 2.29 bits per heavy atom. The average Bonchev–Trinajstić information content (AvgIpc) is 2.62. The molecule has 0 aromatic heterocycles. The first-order chi connectivity index (χ1) is 11.6. The van der Waals surface area contributed by atoms with Crippen molar-refractivity contribution < 1.29 is 14.0 Å². The van der Waals surface area contributed by atoms with Gasteiger partial charge in [-0.25, -0.2) is 4.39 Å². The van der Waals surface area contributed by atoms with Crippen molar-refractivity contribution in [2.75, 3.05) is 6.54 Å². The Kier molecular flexibility index (Phi) is 5.85. The number of halogens is 1. The lowest BCUT2D eigenvalue weighted by Crippen LogP contribution is -2.43. The van der Waals surface area contributed by atoms with E-state index in [9.17, 15) is 14.0 Å². The van der Waals surface area contributed by atoms with Gasteiger partial charge in [0.05, 0.1) is 6.04 Å². The van der Waals surface area contributed by atoms with Crippen molar-refractivity contribution in [2.24, 2.45) is 0 Å². The van der Waals surface area contributed by atoms with Crippen LogP contribution in [-0.4, -0.2) is 23.1 Å². The second-order valence-electron chi connectivity index (χ2n) is 5.46. The van der Waals surface area contributed by atoms with Crippen LogP contribution in [0.1, 0.15) is 43.5 Å². The summed E-state index contributed by atoms with van der Waals surface area (Å²) in [5.74, 6) is -1.30. The molecule has 1 atom stereocenters. The van der Waals surface area contributed by atoms with Crippen LogP contribution in [0.4, 0.5) is 4.39 Å². The summed E-state index contributed by atoms with van der Waals surface area (Å²) in [6.07, 6.45) is 0.715. The summed E-state index contributed by atoms with van der Waals surface area (Å²) in [6.45, 7) is 5.77. The highest BCUT2D eigenvalue weighted by atomic mass is 19.1. The molecule has 1 aliphatic heterocycles. The van der Waals surface area contributed by atoms with Crippen molar-refractivity contribution in [1.29, 1.82) is 0 Å². The van der Waals surface area contributed by atoms with Crippen molar-refractivity contribution >= 4 is 11.7 Å². The van der Waals surface area contributed by atoms with Gasteiger partial charge in [0, 0.05) is 13.5 Å². The highest BCUT2D eigenvalue weighted by Gasteiger charge is 2.33. The molecule has 3 nitrogen and oxygen atoms in total. The third-order valence-corrected chi connectivity index (χ3v) is 4.03. The minimum atomic E-state index is -0.496. The van der Waals surface area contributed by atoms with Gasteiger partial charge < -0.3 is 4.90 Å². The minimum absolute atomic E-state index is 0.322. The zero-order valence-electron chi connectivity index (χ0n) is 14.3. The third kappa shape index (κ3) is 3.53. The van der Waals surface area contributed by atoms with E-state index in [1.807, 2.05) is 38.1 Å². The molecule has 4 heteroatoms. The van der Waals surface area contributed by atoms with Gasteiger partial charge in [-0.1, -0.05) is 50.2 Å². The van der Waals surface area contributed by atoms with Crippen LogP contribution in [-0.2, 0) is 16.0 Å². The number of ketones is 1. The van der Waals surface area contributed by atoms with Crippen molar-refractivity contribution in [2.45, 2.75) is 33.2 Å². The summed E-state index contributed by atoms with van der Waals surface area (Å²) >= 11 is 0. The fourth-order valence-electron chi connectivity index (χ4n) is 2.99. The summed E-state index contributed by atoms with van der Waals surface area (Å²) < 4.78 is 13.2. The number of rotatable bonds is 2. The smallest absolute Gasteiger partial charge is 0.290 e. The standard InChI is InChI=1S/C18H16FNO2.C2H6/c1-12(21)18(22)20-11-10-13-4-2-3-5-16(13)17(20)14-6-8-15(19)9-7-14;1-2/h2-9,17H,10-11H2,1H3;1-2H3. The molecule has 0 saturated heterocycles. The second-order valence-corrected chi connectivity index (χ2v) is 5.46. The first-order valence-corrected chi connectivity index (χ1v) is 8.22. The van der Waals surface area contributed by atoms with E-state index in [0.29, 0.717) is 13.0 Å². The lowest BCUT2D eigenvalue weighted by atomic mass is 9.88. The first kappa shape index (κ1) is 17.9. The van der Waals surface area contributed by atoms with Gasteiger partial charge in [0.25, 0.3) is 5.91 Å². The van der Waals surface area contributed by atoms with Crippen molar-refractivity contribution in [3.05, 3.63) is 71.0 Å². The largest absolute Gasteiger partial charge is 0.325 e. The Balaban J connectivity index is 0.00000100. The monoisotopic (exact) mass is 327 g/mol. The van der Waals surface area contributed by atoms with Crippen LogP contribution in [0.25, 0.3) is 0 Å². The summed E-state index contributed by atoms with van der Waals surface area (Å²) in [4.78, 5) is 25.4. The number of amides is 1. The normalized spacial score (nSPS) is 15.8. The summed E-state index contributed by atoms with van der Waals surface area (Å²) in [5, 5.41) is 0. The number of Topliss-reactive ketones (excluding diaryl/α,β-unsaturated/α-hetero) is 1. The van der Waals surface area contributed by atoms with E-state index in [0.717, 1.165) is 16.7 Å². The predicted octanol–water partition coefficient (Wildman–Crippen LogP) is 3.92. The number of hydrogen-bond donors (Lipinski definition) is 0. The molecule has 0 N–H and O–H groups in total. The lowest BCUT2D eigenvalue weighted by molar-refractivity contribution is -0.145. The maximum absolute atomic E-state index is 13.2. The van der Waals surface area contributed by atoms with Gasteiger partial charge in [-0.3, -0.25) is 9.59 Å². The molecular weight excluding hydrogens is 305 g/mol. The van der Waals surface area contributed by atoms with Crippen LogP contribution in [0.2, 0.25) is 0 Å². The van der Waals surface area contributed by atoms with Crippen LogP contribution in [0, 0.1) is 5.82 Å². The van der Waals surface area contributed by atoms with E-state index < -0.39 is 11.7 Å². The van der Waals surface area contributed by atoms with Crippen LogP contribution >= 0.6 is 0 Å². The zero-order valence-corrected chi connectivity index (χ0v) is 14.3. The van der Waals surface area contributed by atoms with Gasteiger partial charge in [0.2, 0.25) is 5.78 Å². The van der Waals surface area contributed by atoms with Crippen molar-refractivity contribution in [3.63, 3.8) is 0 Å². The van der Waals surface area contributed by atoms with Gasteiger partial charge in [-0.2, -0.15) is 0 Å². The Morgan fingerprint density at radius 2 is 1.67 bits per heavy atom. The maximum Gasteiger partial charge on any atom is 0.290 e. The SMILES string of the molecule is CC.CC(=O)C(=O)N1CCc2ccccc2C1c1ccc(F)cc1. The van der Waals surface area contributed by atoms with Crippen LogP contribution in [0.5, 0.6) is 0 Å². The van der Waals surface area contributed by atoms with Crippen LogP contribution in [0.15, 0.2) is 48.5 Å². The van der Waals surface area contributed by atoms with E-state index in [2.05, 4.69) is 0 Å². The maximum atomic E-state index is 13.2. The molecule has 0 aliphatic carbocycles. The van der Waals surface area contributed by atoms with E-state index in [1.165, 1.54) is 19.1 Å². The fraction of sp³-hybridized carbons (Fsp3) is 0.300. The molecule has 0 bridgehead atoms. The number of benzene rings is 2. The molecule has 3 rings (SSSR count).